The summed E-state index contributed by atoms with van der Waals surface area (Å²) in [5.74, 6) is 2.57. The molecule has 1 aromatic heterocycles. The molecular weight excluding hydrogens is 274 g/mol. The number of benzene rings is 1. The average molecular weight is 293 g/mol. The second kappa shape index (κ2) is 6.45. The van der Waals surface area contributed by atoms with Crippen LogP contribution in [0.25, 0.3) is 11.5 Å². The molecule has 7 heteroatoms. The predicted molar refractivity (Wildman–Crippen MR) is 76.9 cm³/mol. The number of nitrogens with zero attached hydrogens (tertiary/aromatic N) is 2. The highest BCUT2D eigenvalue weighted by atomic mass is 16.5. The van der Waals surface area contributed by atoms with Gasteiger partial charge in [-0.05, 0) is 14.0 Å². The Kier molecular flexibility index (Phi) is 4.64. The molecule has 1 heterocycles. The van der Waals surface area contributed by atoms with Crippen LogP contribution in [-0.4, -0.2) is 38.6 Å². The molecule has 114 valence electrons. The molecule has 0 aliphatic heterocycles. The van der Waals surface area contributed by atoms with Gasteiger partial charge in [-0.2, -0.15) is 0 Å². The number of methoxy groups -OCH3 is 3. The topological polar surface area (TPSA) is 78.6 Å². The van der Waals surface area contributed by atoms with E-state index in [4.69, 9.17) is 18.6 Å². The van der Waals surface area contributed by atoms with Gasteiger partial charge >= 0.3 is 0 Å². The van der Waals surface area contributed by atoms with E-state index < -0.39 is 0 Å². The second-order valence-corrected chi connectivity index (χ2v) is 4.36. The van der Waals surface area contributed by atoms with E-state index in [0.29, 0.717) is 34.6 Å². The maximum absolute atomic E-state index is 5.68. The van der Waals surface area contributed by atoms with Crippen LogP contribution in [0.1, 0.15) is 18.9 Å². The van der Waals surface area contributed by atoms with E-state index in [2.05, 4.69) is 15.5 Å². The lowest BCUT2D eigenvalue weighted by Crippen LogP contribution is -2.12. The molecule has 1 unspecified atom stereocenters. The van der Waals surface area contributed by atoms with Gasteiger partial charge < -0.3 is 23.9 Å². The average Bonchev–Trinajstić information content (AvgIpc) is 3.02. The molecule has 1 atom stereocenters. The summed E-state index contributed by atoms with van der Waals surface area (Å²) in [6, 6.07) is 3.44. The zero-order chi connectivity index (χ0) is 15.4. The number of nitrogens with one attached hydrogen (secondary N) is 1. The highest BCUT2D eigenvalue weighted by molar-refractivity contribution is 5.68. The van der Waals surface area contributed by atoms with E-state index in [1.165, 1.54) is 0 Å². The van der Waals surface area contributed by atoms with Crippen LogP contribution in [0, 0.1) is 0 Å². The standard InChI is InChI=1S/C14H19N3O4/c1-8(15-2)13-16-17-14(21-13)9-6-11(19-4)12(20-5)7-10(9)18-3/h6-8,15H,1-5H3. The molecule has 0 radical (unpaired) electrons. The Bertz CT molecular complexity index is 612. The molecule has 0 saturated heterocycles. The van der Waals surface area contributed by atoms with Crippen LogP contribution < -0.4 is 19.5 Å². The third-order valence-electron chi connectivity index (χ3n) is 3.18. The van der Waals surface area contributed by atoms with Crippen LogP contribution in [-0.2, 0) is 0 Å². The molecule has 7 nitrogen and oxygen atoms in total. The van der Waals surface area contributed by atoms with Gasteiger partial charge in [0.25, 0.3) is 5.89 Å². The number of hydrogen-bond acceptors (Lipinski definition) is 7. The van der Waals surface area contributed by atoms with Gasteiger partial charge in [0, 0.05) is 12.1 Å². The van der Waals surface area contributed by atoms with Crippen molar-refractivity contribution in [3.05, 3.63) is 18.0 Å². The van der Waals surface area contributed by atoms with Crippen LogP contribution >= 0.6 is 0 Å². The number of aromatic nitrogens is 2. The Hall–Kier alpha value is -2.28. The highest BCUT2D eigenvalue weighted by Crippen LogP contribution is 2.39. The zero-order valence-corrected chi connectivity index (χ0v) is 12.8. The Balaban J connectivity index is 2.49. The lowest BCUT2D eigenvalue weighted by molar-refractivity contribution is 0.349. The first-order valence-corrected chi connectivity index (χ1v) is 6.45. The van der Waals surface area contributed by atoms with Gasteiger partial charge in [0.1, 0.15) is 5.75 Å². The summed E-state index contributed by atoms with van der Waals surface area (Å²) in [4.78, 5) is 0. The summed E-state index contributed by atoms with van der Waals surface area (Å²) in [5.41, 5.74) is 0.650. The van der Waals surface area contributed by atoms with Crippen molar-refractivity contribution in [3.8, 4) is 28.7 Å². The maximum Gasteiger partial charge on any atom is 0.251 e. The van der Waals surface area contributed by atoms with Gasteiger partial charge in [0.15, 0.2) is 11.5 Å². The van der Waals surface area contributed by atoms with Crippen molar-refractivity contribution in [1.29, 1.82) is 0 Å². The molecule has 21 heavy (non-hydrogen) atoms. The molecule has 0 amide bonds. The molecule has 0 aliphatic carbocycles. The van der Waals surface area contributed by atoms with E-state index in [0.717, 1.165) is 0 Å². The predicted octanol–water partition coefficient (Wildman–Crippen LogP) is 2.04. The van der Waals surface area contributed by atoms with Gasteiger partial charge in [-0.3, -0.25) is 0 Å². The largest absolute Gasteiger partial charge is 0.496 e. The normalized spacial score (nSPS) is 12.0. The minimum absolute atomic E-state index is 0.0302. The second-order valence-electron chi connectivity index (χ2n) is 4.36. The molecule has 2 aromatic rings. The molecule has 0 fully saturated rings. The van der Waals surface area contributed by atoms with Gasteiger partial charge in [0.2, 0.25) is 5.89 Å². The van der Waals surface area contributed by atoms with Crippen LogP contribution in [0.3, 0.4) is 0 Å². The van der Waals surface area contributed by atoms with Crippen molar-refractivity contribution in [2.45, 2.75) is 13.0 Å². The summed E-state index contributed by atoms with van der Waals surface area (Å²) in [7, 11) is 6.52. The van der Waals surface area contributed by atoms with Crippen LogP contribution in [0.5, 0.6) is 17.2 Å². The number of ether oxygens (including phenoxy) is 3. The van der Waals surface area contributed by atoms with Crippen molar-refractivity contribution in [3.63, 3.8) is 0 Å². The third-order valence-corrected chi connectivity index (χ3v) is 3.18. The fraction of sp³-hybridized carbons (Fsp3) is 0.429. The summed E-state index contributed by atoms with van der Waals surface area (Å²) >= 11 is 0. The van der Waals surface area contributed by atoms with Crippen molar-refractivity contribution in [1.82, 2.24) is 15.5 Å². The first kappa shape index (κ1) is 15.1. The molecule has 2 rings (SSSR count). The van der Waals surface area contributed by atoms with Crippen molar-refractivity contribution < 1.29 is 18.6 Å². The SMILES string of the molecule is CNC(C)c1nnc(-c2cc(OC)c(OC)cc2OC)o1. The minimum Gasteiger partial charge on any atom is -0.496 e. The summed E-state index contributed by atoms with van der Waals surface area (Å²) in [5, 5.41) is 11.1. The molecule has 0 saturated carbocycles. The third kappa shape index (κ3) is 2.92. The van der Waals surface area contributed by atoms with Gasteiger partial charge in [-0.15, -0.1) is 10.2 Å². The molecular formula is C14H19N3O4. The van der Waals surface area contributed by atoms with E-state index in [-0.39, 0.29) is 6.04 Å². The fourth-order valence-corrected chi connectivity index (χ4v) is 1.84. The summed E-state index contributed by atoms with van der Waals surface area (Å²) in [6.07, 6.45) is 0. The molecule has 0 bridgehead atoms. The maximum atomic E-state index is 5.68. The lowest BCUT2D eigenvalue weighted by atomic mass is 10.1. The Morgan fingerprint density at radius 2 is 1.62 bits per heavy atom. The van der Waals surface area contributed by atoms with E-state index in [1.807, 2.05) is 14.0 Å². The van der Waals surface area contributed by atoms with Gasteiger partial charge in [0.05, 0.1) is 32.9 Å². The smallest absolute Gasteiger partial charge is 0.251 e. The number of rotatable bonds is 6. The van der Waals surface area contributed by atoms with Crippen LogP contribution in [0.2, 0.25) is 0 Å². The van der Waals surface area contributed by atoms with Crippen molar-refractivity contribution in [2.24, 2.45) is 0 Å². The lowest BCUT2D eigenvalue weighted by Gasteiger charge is -2.12. The fourth-order valence-electron chi connectivity index (χ4n) is 1.84. The van der Waals surface area contributed by atoms with Crippen LogP contribution in [0.4, 0.5) is 0 Å². The molecule has 0 spiro atoms. The monoisotopic (exact) mass is 293 g/mol. The molecule has 0 aliphatic rings. The highest BCUT2D eigenvalue weighted by Gasteiger charge is 2.19. The van der Waals surface area contributed by atoms with Crippen molar-refractivity contribution in [2.75, 3.05) is 28.4 Å². The van der Waals surface area contributed by atoms with E-state index in [1.54, 1.807) is 33.5 Å². The van der Waals surface area contributed by atoms with Crippen LogP contribution in [0.15, 0.2) is 16.5 Å². The Morgan fingerprint density at radius 1 is 1.00 bits per heavy atom. The van der Waals surface area contributed by atoms with Gasteiger partial charge in [-0.25, -0.2) is 0 Å². The van der Waals surface area contributed by atoms with Crippen molar-refractivity contribution >= 4 is 0 Å². The van der Waals surface area contributed by atoms with E-state index in [9.17, 15) is 0 Å². The first-order chi connectivity index (χ1) is 10.1. The zero-order valence-electron chi connectivity index (χ0n) is 12.8. The number of hydrogen-bond donors (Lipinski definition) is 1. The Labute approximate surface area is 123 Å². The molecule has 1 N–H and O–H groups in total. The summed E-state index contributed by atoms with van der Waals surface area (Å²) in [6.45, 7) is 1.93. The van der Waals surface area contributed by atoms with E-state index >= 15 is 0 Å². The van der Waals surface area contributed by atoms with Gasteiger partial charge in [-0.1, -0.05) is 0 Å². The quantitative estimate of drug-likeness (QED) is 0.873. The Morgan fingerprint density at radius 3 is 2.19 bits per heavy atom. The first-order valence-electron chi connectivity index (χ1n) is 6.45. The minimum atomic E-state index is -0.0302. The summed E-state index contributed by atoms with van der Waals surface area (Å²) < 4.78 is 21.6. The molecule has 1 aromatic carbocycles.